The molecular formula is C7H14O3S2. The summed E-state index contributed by atoms with van der Waals surface area (Å²) in [5.74, 6) is 2.24. The van der Waals surface area contributed by atoms with Crippen LogP contribution in [0.4, 0.5) is 0 Å². The van der Waals surface area contributed by atoms with Gasteiger partial charge in [0.2, 0.25) is 0 Å². The smallest absolute Gasteiger partial charge is 0.103 e. The topological polar surface area (TPSA) is 60.7 Å². The molecule has 1 aliphatic heterocycles. The summed E-state index contributed by atoms with van der Waals surface area (Å²) in [6.07, 6.45) is -1.19. The highest BCUT2D eigenvalue weighted by Crippen LogP contribution is 2.35. The highest BCUT2D eigenvalue weighted by Gasteiger charge is 2.23. The molecule has 1 saturated heterocycles. The summed E-state index contributed by atoms with van der Waals surface area (Å²) in [7, 11) is 0. The van der Waals surface area contributed by atoms with E-state index in [2.05, 4.69) is 0 Å². The average molecular weight is 210 g/mol. The van der Waals surface area contributed by atoms with Crippen LogP contribution in [0.25, 0.3) is 0 Å². The molecule has 1 heterocycles. The largest absolute Gasteiger partial charge is 0.394 e. The first kappa shape index (κ1) is 10.7. The minimum Gasteiger partial charge on any atom is -0.394 e. The van der Waals surface area contributed by atoms with Crippen molar-refractivity contribution in [1.29, 1.82) is 0 Å². The van der Waals surface area contributed by atoms with Crippen LogP contribution in [0.15, 0.2) is 0 Å². The number of hydrogen-bond acceptors (Lipinski definition) is 5. The molecule has 0 radical (unpaired) electrons. The SMILES string of the molecule is OC[C@H](O)[C@@H](O)CC1SCCS1. The van der Waals surface area contributed by atoms with Gasteiger partial charge in [-0.25, -0.2) is 0 Å². The van der Waals surface area contributed by atoms with Gasteiger partial charge in [0.05, 0.1) is 17.3 Å². The Bertz CT molecular complexity index is 128. The molecule has 2 atom stereocenters. The van der Waals surface area contributed by atoms with Crippen molar-refractivity contribution in [3.8, 4) is 0 Å². The third-order valence-electron chi connectivity index (χ3n) is 1.76. The molecule has 0 bridgehead atoms. The van der Waals surface area contributed by atoms with Gasteiger partial charge >= 0.3 is 0 Å². The quantitative estimate of drug-likeness (QED) is 0.605. The van der Waals surface area contributed by atoms with Crippen LogP contribution in [-0.2, 0) is 0 Å². The minimum atomic E-state index is -0.980. The third-order valence-corrected chi connectivity index (χ3v) is 4.84. The Labute approximate surface area is 80.6 Å². The number of rotatable bonds is 4. The fourth-order valence-corrected chi connectivity index (χ4v) is 3.94. The van der Waals surface area contributed by atoms with E-state index in [1.165, 1.54) is 0 Å². The summed E-state index contributed by atoms with van der Waals surface area (Å²) in [5, 5.41) is 27.0. The summed E-state index contributed by atoms with van der Waals surface area (Å²) in [4.78, 5) is 0. The normalized spacial score (nSPS) is 24.2. The van der Waals surface area contributed by atoms with Gasteiger partial charge < -0.3 is 15.3 Å². The molecule has 1 rings (SSSR count). The summed E-state index contributed by atoms with van der Waals surface area (Å²) in [5.41, 5.74) is 0. The predicted molar refractivity (Wildman–Crippen MR) is 52.4 cm³/mol. The van der Waals surface area contributed by atoms with Gasteiger partial charge in [-0.15, -0.1) is 23.5 Å². The van der Waals surface area contributed by atoms with Gasteiger partial charge in [0.15, 0.2) is 0 Å². The molecule has 0 saturated carbocycles. The Morgan fingerprint density at radius 1 is 1.17 bits per heavy atom. The molecule has 0 spiro atoms. The molecule has 72 valence electrons. The molecule has 3 N–H and O–H groups in total. The van der Waals surface area contributed by atoms with Crippen LogP contribution in [0.5, 0.6) is 0 Å². The van der Waals surface area contributed by atoms with Crippen molar-refractivity contribution in [2.45, 2.75) is 23.2 Å². The summed E-state index contributed by atoms with van der Waals surface area (Å²) in [6, 6.07) is 0. The molecule has 0 aromatic rings. The average Bonchev–Trinajstić information content (AvgIpc) is 2.55. The van der Waals surface area contributed by atoms with Crippen molar-refractivity contribution in [3.63, 3.8) is 0 Å². The van der Waals surface area contributed by atoms with E-state index in [0.29, 0.717) is 11.0 Å². The van der Waals surface area contributed by atoms with Crippen LogP contribution in [0.1, 0.15) is 6.42 Å². The van der Waals surface area contributed by atoms with Gasteiger partial charge in [-0.1, -0.05) is 0 Å². The first-order chi connectivity index (χ1) is 5.74. The number of hydrogen-bond donors (Lipinski definition) is 3. The van der Waals surface area contributed by atoms with Crippen molar-refractivity contribution in [2.24, 2.45) is 0 Å². The molecular weight excluding hydrogens is 196 g/mol. The lowest BCUT2D eigenvalue weighted by molar-refractivity contribution is -0.0154. The van der Waals surface area contributed by atoms with Crippen molar-refractivity contribution >= 4 is 23.5 Å². The molecule has 0 aromatic carbocycles. The fraction of sp³-hybridized carbons (Fsp3) is 1.00. The lowest BCUT2D eigenvalue weighted by Crippen LogP contribution is -2.30. The van der Waals surface area contributed by atoms with Crippen molar-refractivity contribution in [1.82, 2.24) is 0 Å². The summed E-state index contributed by atoms with van der Waals surface area (Å²) >= 11 is 3.62. The Balaban J connectivity index is 2.19. The number of thioether (sulfide) groups is 2. The maximum absolute atomic E-state index is 9.34. The predicted octanol–water partition coefficient (Wildman–Crippen LogP) is -0.103. The van der Waals surface area contributed by atoms with E-state index in [9.17, 15) is 5.11 Å². The number of aliphatic hydroxyl groups is 3. The highest BCUT2D eigenvalue weighted by atomic mass is 32.2. The first-order valence-electron chi connectivity index (χ1n) is 3.94. The van der Waals surface area contributed by atoms with Gasteiger partial charge in [-0.05, 0) is 6.42 Å². The Morgan fingerprint density at radius 3 is 2.25 bits per heavy atom. The maximum atomic E-state index is 9.34. The zero-order valence-corrected chi connectivity index (χ0v) is 8.35. The van der Waals surface area contributed by atoms with Crippen LogP contribution in [0.2, 0.25) is 0 Å². The van der Waals surface area contributed by atoms with Gasteiger partial charge in [-0.2, -0.15) is 0 Å². The first-order valence-corrected chi connectivity index (χ1v) is 6.04. The van der Waals surface area contributed by atoms with Gasteiger partial charge in [0.25, 0.3) is 0 Å². The van der Waals surface area contributed by atoms with E-state index in [1.54, 1.807) is 0 Å². The molecule has 5 heteroatoms. The van der Waals surface area contributed by atoms with Crippen molar-refractivity contribution in [2.75, 3.05) is 18.1 Å². The third kappa shape index (κ3) is 3.14. The zero-order valence-electron chi connectivity index (χ0n) is 6.72. The van der Waals surface area contributed by atoms with Crippen LogP contribution < -0.4 is 0 Å². The molecule has 0 unspecified atom stereocenters. The molecule has 0 amide bonds. The Morgan fingerprint density at radius 2 is 1.75 bits per heavy atom. The maximum Gasteiger partial charge on any atom is 0.103 e. The number of aliphatic hydroxyl groups excluding tert-OH is 3. The van der Waals surface area contributed by atoms with Crippen LogP contribution in [0, 0.1) is 0 Å². The van der Waals surface area contributed by atoms with Crippen molar-refractivity contribution < 1.29 is 15.3 Å². The second kappa shape index (κ2) is 5.34. The Kier molecular flexibility index (Phi) is 4.74. The molecule has 3 nitrogen and oxygen atoms in total. The molecule has 12 heavy (non-hydrogen) atoms. The second-order valence-electron chi connectivity index (χ2n) is 2.72. The van der Waals surface area contributed by atoms with E-state index < -0.39 is 12.2 Å². The van der Waals surface area contributed by atoms with Crippen LogP contribution >= 0.6 is 23.5 Å². The molecule has 0 aliphatic carbocycles. The molecule has 1 fully saturated rings. The minimum absolute atomic E-state index is 0.358. The Hall–Kier alpha value is 0.580. The van der Waals surface area contributed by atoms with E-state index in [1.807, 2.05) is 23.5 Å². The zero-order chi connectivity index (χ0) is 8.97. The van der Waals surface area contributed by atoms with Crippen LogP contribution in [-0.4, -0.2) is 50.2 Å². The summed E-state index contributed by atoms with van der Waals surface area (Å²) in [6.45, 7) is -0.358. The fourth-order valence-electron chi connectivity index (χ4n) is 1.02. The van der Waals surface area contributed by atoms with Gasteiger partial charge in [0, 0.05) is 11.5 Å². The van der Waals surface area contributed by atoms with E-state index in [4.69, 9.17) is 10.2 Å². The standard InChI is InChI=1S/C7H14O3S2/c8-4-6(10)5(9)3-7-11-1-2-12-7/h5-10H,1-4H2/t5-,6-/m0/s1. The highest BCUT2D eigenvalue weighted by molar-refractivity contribution is 8.20. The van der Waals surface area contributed by atoms with E-state index >= 15 is 0 Å². The lowest BCUT2D eigenvalue weighted by atomic mass is 10.2. The lowest BCUT2D eigenvalue weighted by Gasteiger charge is -2.17. The second-order valence-corrected chi connectivity index (χ2v) is 5.64. The monoisotopic (exact) mass is 210 g/mol. The van der Waals surface area contributed by atoms with E-state index in [-0.39, 0.29) is 6.61 Å². The van der Waals surface area contributed by atoms with E-state index in [0.717, 1.165) is 11.5 Å². The van der Waals surface area contributed by atoms with Gasteiger partial charge in [0.1, 0.15) is 6.10 Å². The summed E-state index contributed by atoms with van der Waals surface area (Å²) < 4.78 is 0.390. The molecule has 1 aliphatic rings. The van der Waals surface area contributed by atoms with Gasteiger partial charge in [-0.3, -0.25) is 0 Å². The van der Waals surface area contributed by atoms with Crippen LogP contribution in [0.3, 0.4) is 0 Å². The molecule has 0 aromatic heterocycles. The van der Waals surface area contributed by atoms with Crippen molar-refractivity contribution in [3.05, 3.63) is 0 Å².